The lowest BCUT2D eigenvalue weighted by Crippen LogP contribution is -2.30. The Bertz CT molecular complexity index is 498. The highest BCUT2D eigenvalue weighted by Crippen LogP contribution is 2.27. The number of anilines is 1. The van der Waals surface area contributed by atoms with E-state index >= 15 is 0 Å². The lowest BCUT2D eigenvalue weighted by atomic mass is 10.1. The van der Waals surface area contributed by atoms with Gasteiger partial charge in [-0.1, -0.05) is 37.4 Å². The summed E-state index contributed by atoms with van der Waals surface area (Å²) in [6.45, 7) is 2.17. The van der Waals surface area contributed by atoms with Crippen LogP contribution in [0.25, 0.3) is 0 Å². The Morgan fingerprint density at radius 1 is 1.35 bits per heavy atom. The van der Waals surface area contributed by atoms with Crippen LogP contribution >= 0.6 is 11.6 Å². The van der Waals surface area contributed by atoms with Gasteiger partial charge in [0.1, 0.15) is 0 Å². The van der Waals surface area contributed by atoms with Crippen LogP contribution in [0.5, 0.6) is 0 Å². The molecule has 0 unspecified atom stereocenters. The molecule has 2 amide bonds. The smallest absolute Gasteiger partial charge is 0.351 e. The Kier molecular flexibility index (Phi) is 6.31. The Balaban J connectivity index is 2.82. The van der Waals surface area contributed by atoms with Gasteiger partial charge in [0.05, 0.1) is 10.7 Å². The van der Waals surface area contributed by atoms with E-state index in [1.54, 1.807) is 7.05 Å². The molecule has 0 spiro atoms. The predicted octanol–water partition coefficient (Wildman–Crippen LogP) is 2.90. The van der Waals surface area contributed by atoms with Gasteiger partial charge in [-0.15, -0.1) is 0 Å². The number of carbonyl (C=O) groups excluding carboxylic acids is 1. The first kappa shape index (κ1) is 16.3. The van der Waals surface area contributed by atoms with Crippen molar-refractivity contribution in [2.24, 2.45) is 16.5 Å². The number of hydrogen-bond acceptors (Lipinski definition) is 1. The van der Waals surface area contributed by atoms with Crippen LogP contribution in [0, 0.1) is 0 Å². The summed E-state index contributed by atoms with van der Waals surface area (Å²) in [5.74, 6) is -0.269. The maximum absolute atomic E-state index is 11.7. The van der Waals surface area contributed by atoms with E-state index < -0.39 is 6.03 Å². The number of benzene rings is 1. The molecule has 0 aliphatic heterocycles. The van der Waals surface area contributed by atoms with Crippen molar-refractivity contribution in [2.45, 2.75) is 32.6 Å². The predicted molar refractivity (Wildman–Crippen MR) is 84.3 cm³/mol. The van der Waals surface area contributed by atoms with Gasteiger partial charge < -0.3 is 11.5 Å². The second-order valence-electron chi connectivity index (χ2n) is 4.62. The number of amides is 2. The van der Waals surface area contributed by atoms with Crippen molar-refractivity contribution in [3.8, 4) is 0 Å². The Hall–Kier alpha value is -1.75. The van der Waals surface area contributed by atoms with Crippen LogP contribution in [0.1, 0.15) is 31.7 Å². The number of carbonyl (C=O) groups is 1. The molecule has 1 aromatic rings. The van der Waals surface area contributed by atoms with E-state index in [-0.39, 0.29) is 5.96 Å². The van der Waals surface area contributed by atoms with Crippen molar-refractivity contribution in [3.05, 3.63) is 28.8 Å². The summed E-state index contributed by atoms with van der Waals surface area (Å²) in [6.07, 6.45) is 4.50. The maximum atomic E-state index is 11.7. The topological polar surface area (TPSA) is 84.7 Å². The zero-order valence-corrected chi connectivity index (χ0v) is 12.7. The van der Waals surface area contributed by atoms with E-state index in [0.717, 1.165) is 18.4 Å². The summed E-state index contributed by atoms with van der Waals surface area (Å²) in [5, 5.41) is 0.514. The fourth-order valence-electron chi connectivity index (χ4n) is 1.85. The molecule has 0 aliphatic carbocycles. The SMILES string of the molecule is CCCCCc1ccc(N(C)C(=O)N=C(N)N)c(Cl)c1. The number of unbranched alkanes of at least 4 members (excludes halogenated alkanes) is 2. The van der Waals surface area contributed by atoms with E-state index in [2.05, 4.69) is 11.9 Å². The third-order valence-electron chi connectivity index (χ3n) is 2.95. The number of nitrogens with two attached hydrogens (primary N) is 2. The Morgan fingerprint density at radius 2 is 2.05 bits per heavy atom. The van der Waals surface area contributed by atoms with E-state index in [4.69, 9.17) is 23.1 Å². The van der Waals surface area contributed by atoms with Crippen molar-refractivity contribution >= 4 is 29.3 Å². The van der Waals surface area contributed by atoms with Crippen LogP contribution in [0.2, 0.25) is 5.02 Å². The quantitative estimate of drug-likeness (QED) is 0.498. The number of urea groups is 1. The van der Waals surface area contributed by atoms with Crippen LogP contribution < -0.4 is 16.4 Å². The fraction of sp³-hybridized carbons (Fsp3) is 0.429. The van der Waals surface area contributed by atoms with Gasteiger partial charge in [0, 0.05) is 7.05 Å². The lowest BCUT2D eigenvalue weighted by Gasteiger charge is -2.16. The van der Waals surface area contributed by atoms with E-state index in [1.807, 2.05) is 18.2 Å². The van der Waals surface area contributed by atoms with Crippen LogP contribution in [0.3, 0.4) is 0 Å². The number of rotatable bonds is 5. The van der Waals surface area contributed by atoms with E-state index in [9.17, 15) is 4.79 Å². The van der Waals surface area contributed by atoms with Crippen molar-refractivity contribution < 1.29 is 4.79 Å². The Morgan fingerprint density at radius 3 is 2.60 bits per heavy atom. The largest absolute Gasteiger partial charge is 0.370 e. The molecule has 110 valence electrons. The average Bonchev–Trinajstić information content (AvgIpc) is 2.37. The highest BCUT2D eigenvalue weighted by molar-refractivity contribution is 6.33. The number of aliphatic imine (C=N–C) groups is 1. The second kappa shape index (κ2) is 7.75. The number of nitrogens with zero attached hydrogens (tertiary/aromatic N) is 2. The molecule has 0 aliphatic rings. The lowest BCUT2D eigenvalue weighted by molar-refractivity contribution is 0.255. The van der Waals surface area contributed by atoms with Crippen molar-refractivity contribution in [3.63, 3.8) is 0 Å². The number of halogens is 1. The first-order valence-electron chi connectivity index (χ1n) is 6.61. The van der Waals surface area contributed by atoms with Gasteiger partial charge in [-0.25, -0.2) is 4.79 Å². The molecule has 1 aromatic carbocycles. The second-order valence-corrected chi connectivity index (χ2v) is 5.03. The summed E-state index contributed by atoms with van der Waals surface area (Å²) >= 11 is 6.21. The third kappa shape index (κ3) is 4.74. The normalized spacial score (nSPS) is 10.2. The van der Waals surface area contributed by atoms with Gasteiger partial charge >= 0.3 is 6.03 Å². The van der Waals surface area contributed by atoms with Gasteiger partial charge in [-0.3, -0.25) is 4.90 Å². The molecule has 6 heteroatoms. The third-order valence-corrected chi connectivity index (χ3v) is 3.26. The minimum absolute atomic E-state index is 0.269. The summed E-state index contributed by atoms with van der Waals surface area (Å²) in [6, 6.07) is 5.11. The van der Waals surface area contributed by atoms with Crippen molar-refractivity contribution in [1.29, 1.82) is 0 Å². The fourth-order valence-corrected chi connectivity index (χ4v) is 2.18. The summed E-state index contributed by atoms with van der Waals surface area (Å²) in [4.78, 5) is 16.5. The van der Waals surface area contributed by atoms with Crippen LogP contribution in [-0.4, -0.2) is 19.0 Å². The van der Waals surface area contributed by atoms with Gasteiger partial charge in [0.25, 0.3) is 0 Å². The Labute approximate surface area is 124 Å². The molecule has 0 heterocycles. The molecule has 0 aromatic heterocycles. The molecule has 0 fully saturated rings. The van der Waals surface area contributed by atoms with Gasteiger partial charge in [-0.2, -0.15) is 4.99 Å². The minimum Gasteiger partial charge on any atom is -0.370 e. The number of hydrogen-bond donors (Lipinski definition) is 2. The highest BCUT2D eigenvalue weighted by Gasteiger charge is 2.13. The van der Waals surface area contributed by atoms with Crippen LogP contribution in [0.15, 0.2) is 23.2 Å². The van der Waals surface area contributed by atoms with Gasteiger partial charge in [0.2, 0.25) is 0 Å². The van der Waals surface area contributed by atoms with Crippen LogP contribution in [-0.2, 0) is 6.42 Å². The summed E-state index contributed by atoms with van der Waals surface area (Å²) < 4.78 is 0. The molecule has 1 rings (SSSR count). The highest BCUT2D eigenvalue weighted by atomic mass is 35.5. The first-order chi connectivity index (χ1) is 9.45. The molecular weight excluding hydrogens is 276 g/mol. The standard InChI is InChI=1S/C14H21ClN4O/c1-3-4-5-6-10-7-8-12(11(15)9-10)19(2)14(20)18-13(16)17/h7-9H,3-6H2,1-2H3,(H4,16,17,18,20). The van der Waals surface area contributed by atoms with E-state index in [1.165, 1.54) is 17.7 Å². The van der Waals surface area contributed by atoms with Gasteiger partial charge in [-0.05, 0) is 30.5 Å². The summed E-state index contributed by atoms with van der Waals surface area (Å²) in [7, 11) is 1.58. The maximum Gasteiger partial charge on any atom is 0.351 e. The van der Waals surface area contributed by atoms with Gasteiger partial charge in [0.15, 0.2) is 5.96 Å². The number of aryl methyl sites for hydroxylation is 1. The zero-order valence-electron chi connectivity index (χ0n) is 11.9. The molecule has 0 saturated heterocycles. The molecule has 5 nitrogen and oxygen atoms in total. The molecule has 0 atom stereocenters. The average molecular weight is 297 g/mol. The van der Waals surface area contributed by atoms with Crippen molar-refractivity contribution in [1.82, 2.24) is 0 Å². The minimum atomic E-state index is -0.550. The molecule has 0 saturated carbocycles. The van der Waals surface area contributed by atoms with E-state index in [0.29, 0.717) is 10.7 Å². The molecule has 0 bridgehead atoms. The zero-order chi connectivity index (χ0) is 15.1. The van der Waals surface area contributed by atoms with Crippen LogP contribution in [0.4, 0.5) is 10.5 Å². The summed E-state index contributed by atoms with van der Waals surface area (Å²) in [5.41, 5.74) is 12.1. The van der Waals surface area contributed by atoms with Crippen molar-refractivity contribution in [2.75, 3.05) is 11.9 Å². The molecular formula is C14H21ClN4O. The molecule has 20 heavy (non-hydrogen) atoms. The molecule has 0 radical (unpaired) electrons. The monoisotopic (exact) mass is 296 g/mol. The number of guanidine groups is 1. The first-order valence-corrected chi connectivity index (χ1v) is 6.99. The molecule has 4 N–H and O–H groups in total.